The Labute approximate surface area is 120 Å². The van der Waals surface area contributed by atoms with Gasteiger partial charge in [-0.2, -0.15) is 0 Å². The molecule has 108 valence electrons. The SMILES string of the molecule is CNC(=O)c1ncn2c1NNN(Cc1ccccc1)C2=O. The smallest absolute Gasteiger partial charge is 0.347 e. The van der Waals surface area contributed by atoms with Gasteiger partial charge in [-0.25, -0.2) is 19.4 Å². The van der Waals surface area contributed by atoms with Crippen molar-refractivity contribution in [3.8, 4) is 0 Å². The number of nitrogens with zero attached hydrogens (tertiary/aromatic N) is 3. The molecular formula is C13H14N6O2. The molecule has 1 aromatic carbocycles. The molecule has 0 aliphatic carbocycles. The fourth-order valence-electron chi connectivity index (χ4n) is 2.07. The monoisotopic (exact) mass is 286 g/mol. The van der Waals surface area contributed by atoms with E-state index in [-0.39, 0.29) is 17.6 Å². The van der Waals surface area contributed by atoms with Gasteiger partial charge in [0.1, 0.15) is 6.33 Å². The Kier molecular flexibility index (Phi) is 3.28. The summed E-state index contributed by atoms with van der Waals surface area (Å²) in [5.74, 6) is -0.0361. The number of carbonyl (C=O) groups excluding carboxylic acids is 2. The van der Waals surface area contributed by atoms with Gasteiger partial charge in [0.05, 0.1) is 6.54 Å². The number of carbonyl (C=O) groups is 2. The Bertz CT molecular complexity index is 681. The molecule has 0 fully saturated rings. The van der Waals surface area contributed by atoms with Gasteiger partial charge in [-0.3, -0.25) is 10.2 Å². The van der Waals surface area contributed by atoms with Crippen molar-refractivity contribution in [2.45, 2.75) is 6.54 Å². The molecule has 2 heterocycles. The van der Waals surface area contributed by atoms with E-state index in [2.05, 4.69) is 21.3 Å². The molecule has 1 aliphatic heterocycles. The summed E-state index contributed by atoms with van der Waals surface area (Å²) in [6.45, 7) is 0.388. The first-order valence-electron chi connectivity index (χ1n) is 6.37. The lowest BCUT2D eigenvalue weighted by atomic mass is 10.2. The first-order chi connectivity index (χ1) is 10.2. The fraction of sp³-hybridized carbons (Fsp3) is 0.154. The highest BCUT2D eigenvalue weighted by molar-refractivity contribution is 5.99. The number of fused-ring (bicyclic) bond motifs is 1. The molecule has 0 unspecified atom stereocenters. The molecule has 1 aromatic heterocycles. The Morgan fingerprint density at radius 3 is 2.81 bits per heavy atom. The van der Waals surface area contributed by atoms with Crippen molar-refractivity contribution in [3.63, 3.8) is 0 Å². The second-order valence-corrected chi connectivity index (χ2v) is 4.48. The standard InChI is InChI=1S/C13H14N6O2/c1-14-12(20)10-11-16-17-19(13(21)18(11)8-15-10)7-9-5-3-2-4-6-9/h2-6,8,16-17H,7H2,1H3,(H,14,20). The van der Waals surface area contributed by atoms with Crippen molar-refractivity contribution < 1.29 is 9.59 Å². The molecular weight excluding hydrogens is 272 g/mol. The van der Waals surface area contributed by atoms with E-state index in [0.29, 0.717) is 12.4 Å². The number of benzene rings is 1. The molecule has 0 bridgehead atoms. The molecule has 0 atom stereocenters. The molecule has 0 radical (unpaired) electrons. The van der Waals surface area contributed by atoms with Crippen LogP contribution in [0, 0.1) is 0 Å². The number of hydrogen-bond donors (Lipinski definition) is 3. The van der Waals surface area contributed by atoms with Gasteiger partial charge in [0.25, 0.3) is 5.91 Å². The van der Waals surface area contributed by atoms with E-state index < -0.39 is 0 Å². The summed E-state index contributed by atoms with van der Waals surface area (Å²) in [7, 11) is 1.51. The van der Waals surface area contributed by atoms with Gasteiger partial charge < -0.3 is 5.32 Å². The molecule has 3 N–H and O–H groups in total. The van der Waals surface area contributed by atoms with Crippen LogP contribution >= 0.6 is 0 Å². The molecule has 2 aromatic rings. The minimum atomic E-state index is -0.359. The average Bonchev–Trinajstić information content (AvgIpc) is 2.95. The van der Waals surface area contributed by atoms with E-state index >= 15 is 0 Å². The summed E-state index contributed by atoms with van der Waals surface area (Å²) in [5, 5.41) is 3.88. The van der Waals surface area contributed by atoms with Crippen LogP contribution in [0.4, 0.5) is 10.6 Å². The van der Waals surface area contributed by atoms with E-state index in [0.717, 1.165) is 5.56 Å². The summed E-state index contributed by atoms with van der Waals surface area (Å²) in [6, 6.07) is 9.27. The summed E-state index contributed by atoms with van der Waals surface area (Å²) in [5.41, 5.74) is 6.74. The number of hydrazine groups is 2. The number of hydrogen-bond acceptors (Lipinski definition) is 5. The van der Waals surface area contributed by atoms with Crippen LogP contribution in [0.2, 0.25) is 0 Å². The van der Waals surface area contributed by atoms with Crippen LogP contribution in [0.5, 0.6) is 0 Å². The van der Waals surface area contributed by atoms with E-state index in [1.165, 1.54) is 23.0 Å². The van der Waals surface area contributed by atoms with Crippen molar-refractivity contribution in [2.24, 2.45) is 0 Å². The molecule has 3 rings (SSSR count). The highest BCUT2D eigenvalue weighted by Gasteiger charge is 2.28. The summed E-state index contributed by atoms with van der Waals surface area (Å²) in [4.78, 5) is 28.0. The number of anilines is 1. The second kappa shape index (κ2) is 5.25. The molecule has 0 spiro atoms. The molecule has 0 saturated carbocycles. The third-order valence-electron chi connectivity index (χ3n) is 3.14. The highest BCUT2D eigenvalue weighted by Crippen LogP contribution is 2.18. The van der Waals surface area contributed by atoms with Crippen LogP contribution in [0.25, 0.3) is 0 Å². The maximum Gasteiger partial charge on any atom is 0.347 e. The lowest BCUT2D eigenvalue weighted by Gasteiger charge is -2.29. The Hall–Kier alpha value is -2.87. The van der Waals surface area contributed by atoms with Crippen LogP contribution in [0.1, 0.15) is 16.1 Å². The zero-order valence-corrected chi connectivity index (χ0v) is 11.3. The summed E-state index contributed by atoms with van der Waals surface area (Å²) >= 11 is 0. The van der Waals surface area contributed by atoms with Crippen LogP contribution in [-0.4, -0.2) is 33.5 Å². The van der Waals surface area contributed by atoms with E-state index in [4.69, 9.17) is 0 Å². The first-order valence-corrected chi connectivity index (χ1v) is 6.37. The molecule has 1 aliphatic rings. The van der Waals surface area contributed by atoms with Gasteiger partial charge in [0, 0.05) is 7.05 Å². The first kappa shape index (κ1) is 13.1. The van der Waals surface area contributed by atoms with E-state index in [1.807, 2.05) is 30.3 Å². The molecule has 0 saturated heterocycles. The maximum atomic E-state index is 12.4. The van der Waals surface area contributed by atoms with Gasteiger partial charge in [-0.05, 0) is 5.56 Å². The average molecular weight is 286 g/mol. The lowest BCUT2D eigenvalue weighted by molar-refractivity contribution is 0.0959. The molecule has 21 heavy (non-hydrogen) atoms. The quantitative estimate of drug-likeness (QED) is 0.767. The van der Waals surface area contributed by atoms with Crippen molar-refractivity contribution >= 4 is 17.8 Å². The third kappa shape index (κ3) is 2.32. The number of imidazole rings is 1. The number of nitrogens with one attached hydrogen (secondary N) is 3. The maximum absolute atomic E-state index is 12.4. The normalized spacial score (nSPS) is 13.6. The third-order valence-corrected chi connectivity index (χ3v) is 3.14. The van der Waals surface area contributed by atoms with Crippen LogP contribution < -0.4 is 16.3 Å². The van der Waals surface area contributed by atoms with Gasteiger partial charge >= 0.3 is 6.03 Å². The number of amides is 2. The molecule has 8 heteroatoms. The van der Waals surface area contributed by atoms with Crippen LogP contribution in [0.15, 0.2) is 36.7 Å². The topological polar surface area (TPSA) is 91.3 Å². The Morgan fingerprint density at radius 2 is 2.10 bits per heavy atom. The highest BCUT2D eigenvalue weighted by atomic mass is 16.2. The number of rotatable bonds is 3. The Morgan fingerprint density at radius 1 is 1.33 bits per heavy atom. The lowest BCUT2D eigenvalue weighted by Crippen LogP contribution is -2.52. The van der Waals surface area contributed by atoms with Gasteiger partial charge in [0.15, 0.2) is 11.5 Å². The van der Waals surface area contributed by atoms with E-state index in [9.17, 15) is 9.59 Å². The second-order valence-electron chi connectivity index (χ2n) is 4.48. The van der Waals surface area contributed by atoms with Gasteiger partial charge in [-0.1, -0.05) is 30.3 Å². The number of aromatic nitrogens is 2. The van der Waals surface area contributed by atoms with Crippen molar-refractivity contribution in [2.75, 3.05) is 12.5 Å². The van der Waals surface area contributed by atoms with Gasteiger partial charge in [-0.15, -0.1) is 5.53 Å². The van der Waals surface area contributed by atoms with Crippen molar-refractivity contribution in [1.82, 2.24) is 25.4 Å². The van der Waals surface area contributed by atoms with E-state index in [1.54, 1.807) is 0 Å². The summed E-state index contributed by atoms with van der Waals surface area (Å²) in [6.07, 6.45) is 1.33. The zero-order valence-electron chi connectivity index (χ0n) is 11.3. The zero-order chi connectivity index (χ0) is 14.8. The van der Waals surface area contributed by atoms with Gasteiger partial charge in [0.2, 0.25) is 0 Å². The van der Waals surface area contributed by atoms with Crippen molar-refractivity contribution in [3.05, 3.63) is 47.9 Å². The van der Waals surface area contributed by atoms with Crippen LogP contribution in [-0.2, 0) is 6.54 Å². The molecule has 8 nitrogen and oxygen atoms in total. The van der Waals surface area contributed by atoms with Crippen LogP contribution in [0.3, 0.4) is 0 Å². The van der Waals surface area contributed by atoms with Crippen molar-refractivity contribution in [1.29, 1.82) is 0 Å². The minimum Gasteiger partial charge on any atom is -0.354 e. The predicted molar refractivity (Wildman–Crippen MR) is 75.2 cm³/mol. The summed E-state index contributed by atoms with van der Waals surface area (Å²) < 4.78 is 1.30. The predicted octanol–water partition coefficient (Wildman–Crippen LogP) is 0.558. The fourth-order valence-corrected chi connectivity index (χ4v) is 2.07. The minimum absolute atomic E-state index is 0.165. The molecule has 2 amide bonds. The largest absolute Gasteiger partial charge is 0.354 e. The Balaban J connectivity index is 1.83.